The SMILES string of the molecule is CC(C)c1ccc(F)c2c1oc(=O)n2C1CCC(O)NC1=O. The van der Waals surface area contributed by atoms with Gasteiger partial charge in [-0.3, -0.25) is 9.36 Å². The molecule has 7 heteroatoms. The summed E-state index contributed by atoms with van der Waals surface area (Å²) in [5.41, 5.74) is 0.898. The van der Waals surface area contributed by atoms with Crippen molar-refractivity contribution in [2.75, 3.05) is 0 Å². The monoisotopic (exact) mass is 308 g/mol. The van der Waals surface area contributed by atoms with Crippen molar-refractivity contribution < 1.29 is 18.7 Å². The molecule has 118 valence electrons. The van der Waals surface area contributed by atoms with Crippen LogP contribution >= 0.6 is 0 Å². The maximum atomic E-state index is 14.3. The number of oxazole rings is 1. The number of benzene rings is 1. The number of hydrogen-bond donors (Lipinski definition) is 2. The van der Waals surface area contributed by atoms with Gasteiger partial charge >= 0.3 is 5.76 Å². The highest BCUT2D eigenvalue weighted by molar-refractivity contribution is 5.85. The molecule has 0 saturated carbocycles. The Kier molecular flexibility index (Phi) is 3.52. The molecule has 1 aliphatic rings. The number of rotatable bonds is 2. The minimum absolute atomic E-state index is 0.00717. The number of carbonyl (C=O) groups is 1. The minimum Gasteiger partial charge on any atom is -0.407 e. The summed E-state index contributed by atoms with van der Waals surface area (Å²) in [6, 6.07) is 1.98. The van der Waals surface area contributed by atoms with E-state index in [1.54, 1.807) is 6.07 Å². The van der Waals surface area contributed by atoms with Crippen LogP contribution in [0.3, 0.4) is 0 Å². The van der Waals surface area contributed by atoms with Gasteiger partial charge in [-0.2, -0.15) is 0 Å². The normalized spacial score (nSPS) is 22.3. The van der Waals surface area contributed by atoms with Gasteiger partial charge in [0.2, 0.25) is 5.91 Å². The van der Waals surface area contributed by atoms with Gasteiger partial charge in [-0.05, 0) is 30.4 Å². The number of nitrogens with one attached hydrogen (secondary N) is 1. The van der Waals surface area contributed by atoms with Gasteiger partial charge in [0.15, 0.2) is 11.4 Å². The van der Waals surface area contributed by atoms with E-state index in [2.05, 4.69) is 5.32 Å². The number of fused-ring (bicyclic) bond motifs is 1. The summed E-state index contributed by atoms with van der Waals surface area (Å²) >= 11 is 0. The molecule has 2 heterocycles. The second kappa shape index (κ2) is 5.24. The van der Waals surface area contributed by atoms with Crippen LogP contribution in [0.2, 0.25) is 0 Å². The predicted molar refractivity (Wildman–Crippen MR) is 76.9 cm³/mol. The lowest BCUT2D eigenvalue weighted by molar-refractivity contribution is -0.130. The fourth-order valence-corrected chi connectivity index (χ4v) is 2.89. The first-order valence-electron chi connectivity index (χ1n) is 7.22. The van der Waals surface area contributed by atoms with E-state index in [-0.39, 0.29) is 23.4 Å². The average molecular weight is 308 g/mol. The Morgan fingerprint density at radius 3 is 2.73 bits per heavy atom. The van der Waals surface area contributed by atoms with E-state index in [1.807, 2.05) is 13.8 Å². The van der Waals surface area contributed by atoms with Gasteiger partial charge < -0.3 is 14.8 Å². The van der Waals surface area contributed by atoms with Crippen molar-refractivity contribution in [3.8, 4) is 0 Å². The summed E-state index contributed by atoms with van der Waals surface area (Å²) < 4.78 is 20.5. The van der Waals surface area contributed by atoms with Crippen LogP contribution in [0.15, 0.2) is 21.3 Å². The predicted octanol–water partition coefficient (Wildman–Crippen LogP) is 1.63. The Balaban J connectivity index is 2.22. The number of aromatic nitrogens is 1. The van der Waals surface area contributed by atoms with Crippen molar-refractivity contribution in [3.63, 3.8) is 0 Å². The number of nitrogens with zero attached hydrogens (tertiary/aromatic N) is 1. The quantitative estimate of drug-likeness (QED) is 0.883. The Morgan fingerprint density at radius 1 is 1.36 bits per heavy atom. The molecule has 1 amide bonds. The van der Waals surface area contributed by atoms with Gasteiger partial charge in [0.05, 0.1) is 0 Å². The largest absolute Gasteiger partial charge is 0.420 e. The van der Waals surface area contributed by atoms with Crippen molar-refractivity contribution in [3.05, 3.63) is 34.1 Å². The molecule has 0 spiro atoms. The molecule has 0 radical (unpaired) electrons. The van der Waals surface area contributed by atoms with Crippen LogP contribution in [0.1, 0.15) is 44.2 Å². The maximum Gasteiger partial charge on any atom is 0.420 e. The van der Waals surface area contributed by atoms with E-state index in [0.29, 0.717) is 12.0 Å². The van der Waals surface area contributed by atoms with E-state index in [4.69, 9.17) is 4.42 Å². The van der Waals surface area contributed by atoms with Gasteiger partial charge in [0.1, 0.15) is 17.8 Å². The Bertz CT molecular complexity index is 793. The Labute approximate surface area is 125 Å². The van der Waals surface area contributed by atoms with Crippen LogP contribution in [-0.4, -0.2) is 21.8 Å². The Morgan fingerprint density at radius 2 is 2.09 bits per heavy atom. The number of piperidine rings is 1. The molecule has 1 fully saturated rings. The summed E-state index contributed by atoms with van der Waals surface area (Å²) in [6.45, 7) is 3.82. The molecule has 1 aliphatic heterocycles. The topological polar surface area (TPSA) is 84.5 Å². The molecular weight excluding hydrogens is 291 g/mol. The molecule has 2 N–H and O–H groups in total. The lowest BCUT2D eigenvalue weighted by Gasteiger charge is -2.26. The van der Waals surface area contributed by atoms with Gasteiger partial charge in [-0.1, -0.05) is 19.9 Å². The lowest BCUT2D eigenvalue weighted by Crippen LogP contribution is -2.46. The third kappa shape index (κ3) is 2.21. The van der Waals surface area contributed by atoms with Crippen molar-refractivity contribution >= 4 is 17.0 Å². The number of hydrogen-bond acceptors (Lipinski definition) is 4. The lowest BCUT2D eigenvalue weighted by atomic mass is 10.0. The summed E-state index contributed by atoms with van der Waals surface area (Å²) in [6.07, 6.45) is -0.401. The summed E-state index contributed by atoms with van der Waals surface area (Å²) in [4.78, 5) is 24.2. The number of amides is 1. The van der Waals surface area contributed by atoms with Crippen LogP contribution < -0.4 is 11.1 Å². The van der Waals surface area contributed by atoms with Crippen LogP contribution in [0.25, 0.3) is 11.1 Å². The van der Waals surface area contributed by atoms with Crippen molar-refractivity contribution in [1.82, 2.24) is 9.88 Å². The number of aliphatic hydroxyl groups excluding tert-OH is 1. The molecule has 1 aromatic heterocycles. The zero-order chi connectivity index (χ0) is 16.0. The second-order valence-corrected chi connectivity index (χ2v) is 5.82. The molecule has 2 unspecified atom stereocenters. The Hall–Kier alpha value is -2.15. The maximum absolute atomic E-state index is 14.3. The zero-order valence-electron chi connectivity index (χ0n) is 12.3. The van der Waals surface area contributed by atoms with E-state index >= 15 is 0 Å². The molecule has 0 bridgehead atoms. The summed E-state index contributed by atoms with van der Waals surface area (Å²) in [5, 5.41) is 11.8. The van der Waals surface area contributed by atoms with Gasteiger partial charge in [0, 0.05) is 0 Å². The molecule has 0 aliphatic carbocycles. The number of carbonyl (C=O) groups excluding carboxylic acids is 1. The van der Waals surface area contributed by atoms with Gasteiger partial charge in [-0.15, -0.1) is 0 Å². The van der Waals surface area contributed by atoms with E-state index in [1.165, 1.54) is 6.07 Å². The molecular formula is C15H17FN2O4. The third-order valence-electron chi connectivity index (χ3n) is 4.00. The first-order chi connectivity index (χ1) is 10.4. The van der Waals surface area contributed by atoms with E-state index < -0.39 is 29.8 Å². The van der Waals surface area contributed by atoms with Crippen molar-refractivity contribution in [1.29, 1.82) is 0 Å². The summed E-state index contributed by atoms with van der Waals surface area (Å²) in [5.74, 6) is -1.84. The van der Waals surface area contributed by atoms with Crippen LogP contribution in [0, 0.1) is 5.82 Å². The van der Waals surface area contributed by atoms with E-state index in [0.717, 1.165) is 4.57 Å². The highest BCUT2D eigenvalue weighted by Gasteiger charge is 2.32. The zero-order valence-corrected chi connectivity index (χ0v) is 12.3. The standard InChI is InChI=1S/C15H17FN2O4/c1-7(2)8-3-4-9(16)12-13(8)22-15(21)18(12)10-5-6-11(19)17-14(10)20/h3-4,7,10-11,19H,5-6H2,1-2H3,(H,17,20). The van der Waals surface area contributed by atoms with E-state index in [9.17, 15) is 19.1 Å². The fourth-order valence-electron chi connectivity index (χ4n) is 2.89. The van der Waals surface area contributed by atoms with Crippen LogP contribution in [-0.2, 0) is 4.79 Å². The molecule has 2 aromatic rings. The van der Waals surface area contributed by atoms with Crippen molar-refractivity contribution in [2.45, 2.75) is 44.9 Å². The molecule has 1 saturated heterocycles. The highest BCUT2D eigenvalue weighted by atomic mass is 19.1. The molecule has 22 heavy (non-hydrogen) atoms. The third-order valence-corrected chi connectivity index (χ3v) is 4.00. The highest BCUT2D eigenvalue weighted by Crippen LogP contribution is 2.30. The first-order valence-corrected chi connectivity index (χ1v) is 7.22. The second-order valence-electron chi connectivity index (χ2n) is 5.82. The average Bonchev–Trinajstić information content (AvgIpc) is 2.77. The summed E-state index contributed by atoms with van der Waals surface area (Å²) in [7, 11) is 0. The first kappa shape index (κ1) is 14.8. The number of halogens is 1. The molecule has 2 atom stereocenters. The molecule has 1 aromatic carbocycles. The van der Waals surface area contributed by atoms with Crippen LogP contribution in [0.4, 0.5) is 4.39 Å². The molecule has 3 rings (SSSR count). The van der Waals surface area contributed by atoms with Crippen molar-refractivity contribution in [2.24, 2.45) is 0 Å². The minimum atomic E-state index is -0.936. The van der Waals surface area contributed by atoms with Gasteiger partial charge in [0.25, 0.3) is 0 Å². The molecule has 6 nitrogen and oxygen atoms in total. The smallest absolute Gasteiger partial charge is 0.407 e. The fraction of sp³-hybridized carbons (Fsp3) is 0.467. The van der Waals surface area contributed by atoms with Gasteiger partial charge in [-0.25, -0.2) is 9.18 Å². The van der Waals surface area contributed by atoms with Crippen LogP contribution in [0.5, 0.6) is 0 Å². The number of aliphatic hydroxyl groups is 1.